The Balaban J connectivity index is 2.39. The molecule has 0 aliphatic carbocycles. The van der Waals surface area contributed by atoms with Crippen molar-refractivity contribution in [1.82, 2.24) is 0 Å². The quantitative estimate of drug-likeness (QED) is 0.362. The second-order valence-corrected chi connectivity index (χ2v) is 11.3. The van der Waals surface area contributed by atoms with Gasteiger partial charge in [-0.05, 0) is 31.4 Å². The zero-order chi connectivity index (χ0) is 17.5. The Hall–Kier alpha value is -2.08. The lowest BCUT2D eigenvalue weighted by atomic mass is 10.1. The molecule has 0 bridgehead atoms. The van der Waals surface area contributed by atoms with Gasteiger partial charge in [0, 0.05) is 5.56 Å². The summed E-state index contributed by atoms with van der Waals surface area (Å²) in [7, 11) is -2.19. The lowest BCUT2D eigenvalue weighted by molar-refractivity contribution is 0.164. The number of hydrogen-bond acceptors (Lipinski definition) is 1. The first-order chi connectivity index (χ1) is 11.5. The smallest absolute Gasteiger partial charge is 0.132 e. The number of rotatable bonds is 6. The maximum absolute atomic E-state index is 11.5. The minimum absolute atomic E-state index is 0.674. The van der Waals surface area contributed by atoms with Crippen molar-refractivity contribution in [3.8, 4) is 11.8 Å². The van der Waals surface area contributed by atoms with E-state index in [0.717, 1.165) is 18.4 Å². The Morgan fingerprint density at radius 3 is 2.21 bits per heavy atom. The van der Waals surface area contributed by atoms with Crippen molar-refractivity contribution in [1.29, 1.82) is 0 Å². The standard InChI is InChI=1S/C22H26OSi/c1-4-5-12-18-22(23,19-17-20-13-8-6-9-14-20)24(2,3)21-15-10-7-11-16-21/h4,6-11,13-16,23H,1,5,12,18H2,2-3H3. The topological polar surface area (TPSA) is 20.2 Å². The number of unbranched alkanes of at least 4 members (excludes halogenated alkanes) is 1. The summed E-state index contributed by atoms with van der Waals surface area (Å²) in [4.78, 5) is 0. The van der Waals surface area contributed by atoms with E-state index >= 15 is 0 Å². The molecule has 0 saturated heterocycles. The molecule has 124 valence electrons. The first kappa shape index (κ1) is 18.3. The molecule has 2 heteroatoms. The highest BCUT2D eigenvalue weighted by Gasteiger charge is 2.45. The highest BCUT2D eigenvalue weighted by Crippen LogP contribution is 2.26. The zero-order valence-electron chi connectivity index (χ0n) is 14.6. The van der Waals surface area contributed by atoms with Gasteiger partial charge in [0.15, 0.2) is 0 Å². The molecule has 1 nitrogen and oxygen atoms in total. The van der Waals surface area contributed by atoms with Crippen LogP contribution < -0.4 is 5.19 Å². The lowest BCUT2D eigenvalue weighted by Crippen LogP contribution is -2.61. The maximum Gasteiger partial charge on any atom is 0.132 e. The molecule has 0 aliphatic heterocycles. The predicted octanol–water partition coefficient (Wildman–Crippen LogP) is 4.28. The van der Waals surface area contributed by atoms with Crippen LogP contribution in [0.4, 0.5) is 0 Å². The Morgan fingerprint density at radius 2 is 1.62 bits per heavy atom. The summed E-state index contributed by atoms with van der Waals surface area (Å²) in [5.74, 6) is 6.44. The van der Waals surface area contributed by atoms with E-state index in [1.54, 1.807) is 0 Å². The van der Waals surface area contributed by atoms with Crippen molar-refractivity contribution in [2.75, 3.05) is 0 Å². The highest BCUT2D eigenvalue weighted by molar-refractivity contribution is 6.92. The van der Waals surface area contributed by atoms with Crippen molar-refractivity contribution in [2.24, 2.45) is 0 Å². The van der Waals surface area contributed by atoms with Gasteiger partial charge in [-0.25, -0.2) is 0 Å². The van der Waals surface area contributed by atoms with E-state index < -0.39 is 13.3 Å². The summed E-state index contributed by atoms with van der Waals surface area (Å²) in [6.07, 6.45) is 4.37. The summed E-state index contributed by atoms with van der Waals surface area (Å²) in [5.41, 5.74) is 0.942. The third-order valence-electron chi connectivity index (χ3n) is 4.66. The fraction of sp³-hybridized carbons (Fsp3) is 0.273. The Labute approximate surface area is 147 Å². The average Bonchev–Trinajstić information content (AvgIpc) is 2.62. The Morgan fingerprint density at radius 1 is 1.04 bits per heavy atom. The first-order valence-corrected chi connectivity index (χ1v) is 11.5. The van der Waals surface area contributed by atoms with Crippen LogP contribution in [-0.2, 0) is 0 Å². The summed E-state index contributed by atoms with van der Waals surface area (Å²) in [6.45, 7) is 8.20. The van der Waals surface area contributed by atoms with Gasteiger partial charge in [0.2, 0.25) is 0 Å². The van der Waals surface area contributed by atoms with Crippen molar-refractivity contribution < 1.29 is 5.11 Å². The largest absolute Gasteiger partial charge is 0.381 e. The molecule has 0 amide bonds. The van der Waals surface area contributed by atoms with Crippen molar-refractivity contribution >= 4 is 13.3 Å². The SMILES string of the molecule is C=CCCCC(O)(C#Cc1ccccc1)[Si](C)(C)c1ccccc1. The Kier molecular flexibility index (Phi) is 6.20. The van der Waals surface area contributed by atoms with E-state index in [0.29, 0.717) is 6.42 Å². The normalized spacial score (nSPS) is 13.5. The third-order valence-corrected chi connectivity index (χ3v) is 8.88. The maximum atomic E-state index is 11.5. The van der Waals surface area contributed by atoms with Crippen LogP contribution in [0.2, 0.25) is 13.1 Å². The molecule has 0 aromatic heterocycles. The average molecular weight is 335 g/mol. The summed E-state index contributed by atoms with van der Waals surface area (Å²) in [5, 5.41) is 11.8. The van der Waals surface area contributed by atoms with Crippen molar-refractivity contribution in [3.05, 3.63) is 78.9 Å². The Bertz CT molecular complexity index is 710. The second-order valence-electron chi connectivity index (χ2n) is 6.65. The van der Waals surface area contributed by atoms with Crippen LogP contribution in [0.1, 0.15) is 24.8 Å². The summed E-state index contributed by atoms with van der Waals surface area (Å²) < 4.78 is 0. The van der Waals surface area contributed by atoms with E-state index in [-0.39, 0.29) is 0 Å². The molecular weight excluding hydrogens is 308 g/mol. The van der Waals surface area contributed by atoms with Crippen LogP contribution in [0.25, 0.3) is 0 Å². The molecule has 1 unspecified atom stereocenters. The van der Waals surface area contributed by atoms with E-state index in [4.69, 9.17) is 0 Å². The van der Waals surface area contributed by atoms with Crippen LogP contribution in [0.3, 0.4) is 0 Å². The summed E-state index contributed by atoms with van der Waals surface area (Å²) in [6, 6.07) is 20.2. The van der Waals surface area contributed by atoms with Crippen LogP contribution in [0.15, 0.2) is 73.3 Å². The molecule has 24 heavy (non-hydrogen) atoms. The molecule has 0 radical (unpaired) electrons. The predicted molar refractivity (Wildman–Crippen MR) is 106 cm³/mol. The molecular formula is C22H26OSi. The van der Waals surface area contributed by atoms with E-state index in [2.05, 4.69) is 43.6 Å². The van der Waals surface area contributed by atoms with Gasteiger partial charge >= 0.3 is 0 Å². The van der Waals surface area contributed by atoms with Crippen LogP contribution in [0, 0.1) is 11.8 Å². The zero-order valence-corrected chi connectivity index (χ0v) is 15.6. The first-order valence-electron chi connectivity index (χ1n) is 8.47. The summed E-state index contributed by atoms with van der Waals surface area (Å²) >= 11 is 0. The fourth-order valence-corrected chi connectivity index (χ4v) is 5.50. The van der Waals surface area contributed by atoms with E-state index in [1.165, 1.54) is 5.19 Å². The van der Waals surface area contributed by atoms with Gasteiger partial charge in [-0.2, -0.15) is 0 Å². The second kappa shape index (κ2) is 8.15. The van der Waals surface area contributed by atoms with Crippen molar-refractivity contribution in [3.63, 3.8) is 0 Å². The molecule has 0 spiro atoms. The van der Waals surface area contributed by atoms with E-state index in [9.17, 15) is 5.11 Å². The minimum atomic E-state index is -2.19. The number of allylic oxidation sites excluding steroid dienone is 1. The van der Waals surface area contributed by atoms with Gasteiger partial charge in [-0.3, -0.25) is 0 Å². The van der Waals surface area contributed by atoms with Gasteiger partial charge in [0.05, 0.1) is 0 Å². The highest BCUT2D eigenvalue weighted by atomic mass is 28.3. The van der Waals surface area contributed by atoms with E-state index in [1.807, 2.05) is 54.6 Å². The molecule has 1 N–H and O–H groups in total. The van der Waals surface area contributed by atoms with Crippen LogP contribution in [-0.4, -0.2) is 18.4 Å². The lowest BCUT2D eigenvalue weighted by Gasteiger charge is -2.38. The molecule has 2 aromatic rings. The molecule has 1 atom stereocenters. The van der Waals surface area contributed by atoms with Crippen molar-refractivity contribution in [2.45, 2.75) is 37.6 Å². The molecule has 0 saturated carbocycles. The minimum Gasteiger partial charge on any atom is -0.381 e. The molecule has 2 aromatic carbocycles. The monoisotopic (exact) mass is 334 g/mol. The molecule has 0 aliphatic rings. The number of hydrogen-bond donors (Lipinski definition) is 1. The molecule has 0 heterocycles. The molecule has 2 rings (SSSR count). The fourth-order valence-electron chi connectivity index (χ4n) is 2.82. The molecule has 0 fully saturated rings. The van der Waals surface area contributed by atoms with Gasteiger partial charge in [-0.15, -0.1) is 6.58 Å². The van der Waals surface area contributed by atoms with Gasteiger partial charge < -0.3 is 5.11 Å². The van der Waals surface area contributed by atoms with Crippen LogP contribution in [0.5, 0.6) is 0 Å². The number of benzene rings is 2. The number of aliphatic hydroxyl groups is 1. The third kappa shape index (κ3) is 4.26. The van der Waals surface area contributed by atoms with Gasteiger partial charge in [-0.1, -0.05) is 84.7 Å². The van der Waals surface area contributed by atoms with Gasteiger partial charge in [0.25, 0.3) is 0 Å². The van der Waals surface area contributed by atoms with Gasteiger partial charge in [0.1, 0.15) is 13.3 Å². The van der Waals surface area contributed by atoms with Crippen LogP contribution >= 0.6 is 0 Å².